The van der Waals surface area contributed by atoms with E-state index >= 15 is 0 Å². The van der Waals surface area contributed by atoms with Crippen molar-refractivity contribution in [2.24, 2.45) is 0 Å². The van der Waals surface area contributed by atoms with Crippen molar-refractivity contribution in [1.29, 1.82) is 0 Å². The van der Waals surface area contributed by atoms with Crippen LogP contribution in [0.1, 0.15) is 27.2 Å². The quantitative estimate of drug-likeness (QED) is 0.268. The Hall–Kier alpha value is -0.653. The Morgan fingerprint density at radius 3 is 2.44 bits per heavy atom. The summed E-state index contributed by atoms with van der Waals surface area (Å²) in [5.41, 5.74) is 0.569. The van der Waals surface area contributed by atoms with E-state index in [1.807, 2.05) is 13.8 Å². The SMILES string of the molecule is C=C(C)C(=O)NCCC[SiH2]CC(OCC)OCC. The average Bonchev–Trinajstić information content (AvgIpc) is 2.33. The summed E-state index contributed by atoms with van der Waals surface area (Å²) in [7, 11) is -0.165. The number of hydrogen-bond donors (Lipinski definition) is 1. The molecule has 0 aromatic carbocycles. The Morgan fingerprint density at radius 2 is 1.94 bits per heavy atom. The van der Waals surface area contributed by atoms with Crippen LogP contribution in [0.25, 0.3) is 0 Å². The van der Waals surface area contributed by atoms with Gasteiger partial charge in [0.2, 0.25) is 5.91 Å². The van der Waals surface area contributed by atoms with E-state index < -0.39 is 0 Å². The minimum absolute atomic E-state index is 0.0170. The van der Waals surface area contributed by atoms with Gasteiger partial charge in [-0.25, -0.2) is 0 Å². The third kappa shape index (κ3) is 9.38. The summed E-state index contributed by atoms with van der Waals surface area (Å²) in [6.07, 6.45) is 1.02. The highest BCUT2D eigenvalue weighted by Crippen LogP contribution is 2.03. The van der Waals surface area contributed by atoms with E-state index in [-0.39, 0.29) is 21.7 Å². The lowest BCUT2D eigenvalue weighted by molar-refractivity contribution is -0.123. The van der Waals surface area contributed by atoms with Gasteiger partial charge in [0.15, 0.2) is 6.29 Å². The van der Waals surface area contributed by atoms with Gasteiger partial charge in [0.1, 0.15) is 0 Å². The third-order valence-electron chi connectivity index (χ3n) is 2.49. The smallest absolute Gasteiger partial charge is 0.246 e. The molecule has 0 spiro atoms. The van der Waals surface area contributed by atoms with Gasteiger partial charge in [-0.1, -0.05) is 12.6 Å². The molecule has 0 aliphatic rings. The zero-order valence-corrected chi connectivity index (χ0v) is 13.4. The van der Waals surface area contributed by atoms with E-state index in [0.29, 0.717) is 18.8 Å². The highest BCUT2D eigenvalue weighted by atomic mass is 28.2. The molecular weight excluding hydrogens is 246 g/mol. The Labute approximate surface area is 113 Å². The average molecular weight is 273 g/mol. The van der Waals surface area contributed by atoms with Gasteiger partial charge in [-0.3, -0.25) is 4.79 Å². The minimum atomic E-state index is -0.165. The summed E-state index contributed by atoms with van der Waals surface area (Å²) < 4.78 is 11.0. The van der Waals surface area contributed by atoms with Crippen molar-refractivity contribution in [3.63, 3.8) is 0 Å². The Bertz CT molecular complexity index is 240. The van der Waals surface area contributed by atoms with Crippen LogP contribution in [0.2, 0.25) is 12.1 Å². The maximum absolute atomic E-state index is 11.2. The molecule has 0 aromatic rings. The van der Waals surface area contributed by atoms with Crippen LogP contribution in [0.15, 0.2) is 12.2 Å². The molecule has 0 aliphatic carbocycles. The summed E-state index contributed by atoms with van der Waals surface area (Å²) in [4.78, 5) is 11.2. The lowest BCUT2D eigenvalue weighted by Crippen LogP contribution is -2.25. The van der Waals surface area contributed by atoms with Crippen molar-refractivity contribution >= 4 is 15.4 Å². The molecule has 0 bridgehead atoms. The molecule has 0 saturated carbocycles. The van der Waals surface area contributed by atoms with E-state index in [9.17, 15) is 4.79 Å². The van der Waals surface area contributed by atoms with Crippen LogP contribution < -0.4 is 5.32 Å². The lowest BCUT2D eigenvalue weighted by atomic mass is 10.3. The van der Waals surface area contributed by atoms with Crippen molar-refractivity contribution in [2.75, 3.05) is 19.8 Å². The zero-order chi connectivity index (χ0) is 13.8. The fourth-order valence-electron chi connectivity index (χ4n) is 1.55. The Morgan fingerprint density at radius 1 is 1.33 bits per heavy atom. The molecule has 0 aliphatic heterocycles. The molecule has 0 atom stereocenters. The molecule has 0 unspecified atom stereocenters. The minimum Gasteiger partial charge on any atom is -0.353 e. The predicted molar refractivity (Wildman–Crippen MR) is 77.6 cm³/mol. The molecule has 0 radical (unpaired) electrons. The first-order valence-corrected chi connectivity index (χ1v) is 8.78. The largest absolute Gasteiger partial charge is 0.353 e. The van der Waals surface area contributed by atoms with Gasteiger partial charge in [-0.15, -0.1) is 0 Å². The maximum Gasteiger partial charge on any atom is 0.246 e. The first-order chi connectivity index (χ1) is 8.61. The summed E-state index contributed by atoms with van der Waals surface area (Å²) in [6, 6.07) is 2.25. The third-order valence-corrected chi connectivity index (χ3v) is 4.37. The monoisotopic (exact) mass is 273 g/mol. The number of rotatable bonds is 11. The van der Waals surface area contributed by atoms with Gasteiger partial charge in [-0.05, 0) is 33.2 Å². The van der Waals surface area contributed by atoms with Crippen molar-refractivity contribution in [3.8, 4) is 0 Å². The molecule has 1 N–H and O–H groups in total. The normalized spacial score (nSPS) is 11.3. The second-order valence-corrected chi connectivity index (χ2v) is 6.22. The van der Waals surface area contributed by atoms with Gasteiger partial charge < -0.3 is 14.8 Å². The number of carbonyl (C=O) groups is 1. The molecule has 5 heteroatoms. The van der Waals surface area contributed by atoms with Crippen LogP contribution in [0.3, 0.4) is 0 Å². The molecule has 1 amide bonds. The molecule has 4 nitrogen and oxygen atoms in total. The predicted octanol–water partition coefficient (Wildman–Crippen LogP) is 1.47. The highest BCUT2D eigenvalue weighted by Gasteiger charge is 2.07. The summed E-state index contributed by atoms with van der Waals surface area (Å²) >= 11 is 0. The second-order valence-electron chi connectivity index (χ2n) is 4.23. The van der Waals surface area contributed by atoms with Gasteiger partial charge in [0.25, 0.3) is 0 Å². The van der Waals surface area contributed by atoms with Crippen LogP contribution in [-0.4, -0.2) is 41.5 Å². The van der Waals surface area contributed by atoms with E-state index in [1.54, 1.807) is 6.92 Å². The van der Waals surface area contributed by atoms with Gasteiger partial charge in [0.05, 0.1) is 0 Å². The molecule has 0 aromatic heterocycles. The molecule has 0 rings (SSSR count). The fraction of sp³-hybridized carbons (Fsp3) is 0.769. The van der Waals surface area contributed by atoms with Gasteiger partial charge in [-0.2, -0.15) is 0 Å². The number of ether oxygens (including phenoxy) is 2. The summed E-state index contributed by atoms with van der Waals surface area (Å²) in [5.74, 6) is -0.0434. The maximum atomic E-state index is 11.2. The van der Waals surface area contributed by atoms with Gasteiger partial charge in [0, 0.05) is 34.9 Å². The van der Waals surface area contributed by atoms with Crippen LogP contribution in [0, 0.1) is 0 Å². The zero-order valence-electron chi connectivity index (χ0n) is 12.0. The molecule has 106 valence electrons. The highest BCUT2D eigenvalue weighted by molar-refractivity contribution is 6.35. The van der Waals surface area contributed by atoms with Crippen molar-refractivity contribution in [1.82, 2.24) is 5.32 Å². The van der Waals surface area contributed by atoms with Crippen LogP contribution in [0.5, 0.6) is 0 Å². The molecule has 0 heterocycles. The molecule has 18 heavy (non-hydrogen) atoms. The first kappa shape index (κ1) is 17.3. The molecule has 0 fully saturated rings. The Balaban J connectivity index is 3.48. The van der Waals surface area contributed by atoms with Crippen LogP contribution >= 0.6 is 0 Å². The van der Waals surface area contributed by atoms with E-state index in [2.05, 4.69) is 11.9 Å². The second kappa shape index (κ2) is 11.4. The Kier molecular flexibility index (Phi) is 11.0. The van der Waals surface area contributed by atoms with Crippen molar-refractivity contribution in [2.45, 2.75) is 45.6 Å². The number of carbonyl (C=O) groups excluding carboxylic acids is 1. The van der Waals surface area contributed by atoms with E-state index in [0.717, 1.165) is 19.0 Å². The summed E-state index contributed by atoms with van der Waals surface area (Å²) in [5, 5.41) is 2.84. The number of hydrogen-bond acceptors (Lipinski definition) is 3. The number of amides is 1. The topological polar surface area (TPSA) is 47.6 Å². The van der Waals surface area contributed by atoms with Crippen molar-refractivity contribution in [3.05, 3.63) is 12.2 Å². The lowest BCUT2D eigenvalue weighted by Gasteiger charge is -2.16. The fourth-order valence-corrected chi connectivity index (χ4v) is 3.11. The first-order valence-electron chi connectivity index (χ1n) is 6.78. The van der Waals surface area contributed by atoms with E-state index in [4.69, 9.17) is 9.47 Å². The van der Waals surface area contributed by atoms with Crippen LogP contribution in [-0.2, 0) is 14.3 Å². The number of nitrogens with one attached hydrogen (secondary N) is 1. The van der Waals surface area contributed by atoms with Crippen LogP contribution in [0.4, 0.5) is 0 Å². The van der Waals surface area contributed by atoms with Gasteiger partial charge >= 0.3 is 0 Å². The molecular formula is C13H27NO3Si. The van der Waals surface area contributed by atoms with Crippen molar-refractivity contribution < 1.29 is 14.3 Å². The van der Waals surface area contributed by atoms with E-state index in [1.165, 1.54) is 6.04 Å². The standard InChI is InChI=1S/C13H27NO3Si/c1-5-16-12(17-6-2)10-18-9-7-8-14-13(15)11(3)4/h12H,3,5-10,18H2,1-2,4H3,(H,14,15). The summed E-state index contributed by atoms with van der Waals surface area (Å²) in [6.45, 7) is 11.4. The molecule has 0 saturated heterocycles.